The summed E-state index contributed by atoms with van der Waals surface area (Å²) in [6, 6.07) is 20.3. The monoisotopic (exact) mass is 299 g/mol. The molecule has 2 aromatic rings. The van der Waals surface area contributed by atoms with Crippen molar-refractivity contribution in [2.45, 2.75) is 54.9 Å². The molecule has 0 radical (unpaired) electrons. The van der Waals surface area contributed by atoms with Crippen molar-refractivity contribution in [3.8, 4) is 0 Å². The second-order valence-electron chi connectivity index (χ2n) is 3.81. The van der Waals surface area contributed by atoms with Crippen molar-refractivity contribution in [2.24, 2.45) is 4.99 Å². The highest BCUT2D eigenvalue weighted by molar-refractivity contribution is 5.91. The van der Waals surface area contributed by atoms with Crippen LogP contribution in [0, 0.1) is 0 Å². The minimum atomic E-state index is 1.04. The molecule has 3 rings (SSSR count). The van der Waals surface area contributed by atoms with E-state index < -0.39 is 0 Å². The van der Waals surface area contributed by atoms with Crippen LogP contribution in [0.2, 0.25) is 0 Å². The lowest BCUT2D eigenvalue weighted by molar-refractivity contribution is 1.39. The maximum atomic E-state index is 4.37. The molecule has 1 heterocycles. The lowest BCUT2D eigenvalue weighted by atomic mass is 10.1. The minimum absolute atomic E-state index is 1.04. The van der Waals surface area contributed by atoms with Crippen molar-refractivity contribution in [3.05, 3.63) is 66.2 Å². The first-order chi connectivity index (χ1) is 10.9. The van der Waals surface area contributed by atoms with Gasteiger partial charge >= 0.3 is 0 Å². The van der Waals surface area contributed by atoms with Crippen LogP contribution in [-0.2, 0) is 6.42 Å². The largest absolute Gasteiger partial charge is 0.257 e. The summed E-state index contributed by atoms with van der Waals surface area (Å²) in [5.74, 6) is 0. The molecule has 0 bridgehead atoms. The minimum Gasteiger partial charge on any atom is -0.257 e. The molecule has 0 saturated carbocycles. The second-order valence-corrected chi connectivity index (χ2v) is 3.81. The summed E-state index contributed by atoms with van der Waals surface area (Å²) in [6.45, 7) is 14.1. The fourth-order valence-electron chi connectivity index (χ4n) is 1.68. The predicted octanol–water partition coefficient (Wildman–Crippen LogP) is 7.10. The molecule has 0 fully saturated rings. The highest BCUT2D eigenvalue weighted by Crippen LogP contribution is 2.25. The Labute approximate surface area is 138 Å². The van der Waals surface area contributed by atoms with Crippen molar-refractivity contribution in [1.82, 2.24) is 0 Å². The molecule has 1 aliphatic rings. The van der Waals surface area contributed by atoms with E-state index in [4.69, 9.17) is 0 Å². The molecule has 0 unspecified atom stereocenters. The van der Waals surface area contributed by atoms with E-state index in [1.54, 1.807) is 0 Å². The fraction of sp³-hybridized carbons (Fsp3) is 0.381. The number of benzene rings is 2. The van der Waals surface area contributed by atoms with Crippen LogP contribution >= 0.6 is 0 Å². The molecule has 22 heavy (non-hydrogen) atoms. The summed E-state index contributed by atoms with van der Waals surface area (Å²) in [6.07, 6.45) is 1.04. The Morgan fingerprint density at radius 1 is 0.636 bits per heavy atom. The Hall–Kier alpha value is -1.89. The van der Waals surface area contributed by atoms with Crippen molar-refractivity contribution >= 4 is 11.4 Å². The maximum absolute atomic E-state index is 4.37. The third kappa shape index (κ3) is 9.93. The van der Waals surface area contributed by atoms with Gasteiger partial charge in [-0.05, 0) is 18.6 Å². The van der Waals surface area contributed by atoms with Gasteiger partial charge < -0.3 is 0 Å². The van der Waals surface area contributed by atoms with E-state index in [0.717, 1.165) is 12.1 Å². The van der Waals surface area contributed by atoms with Gasteiger partial charge in [-0.3, -0.25) is 4.99 Å². The van der Waals surface area contributed by atoms with Crippen molar-refractivity contribution in [2.75, 3.05) is 0 Å². The van der Waals surface area contributed by atoms with Gasteiger partial charge in [-0.15, -0.1) is 0 Å². The third-order valence-electron chi connectivity index (χ3n) is 2.42. The molecule has 2 aromatic carbocycles. The van der Waals surface area contributed by atoms with Crippen molar-refractivity contribution in [1.29, 1.82) is 0 Å². The Kier molecular flexibility index (Phi) is 17.5. The number of aliphatic imine (C=N–C) groups is 1. The smallest absolute Gasteiger partial charge is 0.0664 e. The lowest BCUT2D eigenvalue weighted by Gasteiger charge is -1.91. The van der Waals surface area contributed by atoms with Crippen molar-refractivity contribution in [3.63, 3.8) is 0 Å². The number of hydrogen-bond donors (Lipinski definition) is 0. The van der Waals surface area contributed by atoms with Gasteiger partial charge in [-0.1, -0.05) is 96.1 Å². The molecule has 0 amide bonds. The first kappa shape index (κ1) is 22.4. The Bertz CT molecular complexity index is 446. The Morgan fingerprint density at radius 2 is 1.05 bits per heavy atom. The maximum Gasteiger partial charge on any atom is 0.0664 e. The van der Waals surface area contributed by atoms with Gasteiger partial charge in [0.1, 0.15) is 0 Å². The van der Waals surface area contributed by atoms with Gasteiger partial charge in [-0.2, -0.15) is 0 Å². The van der Waals surface area contributed by atoms with Crippen LogP contribution in [0.15, 0.2) is 65.7 Å². The second kappa shape index (κ2) is 17.2. The zero-order chi connectivity index (χ0) is 17.2. The molecule has 0 aromatic heterocycles. The molecule has 0 N–H and O–H groups in total. The molecule has 1 aliphatic heterocycles. The summed E-state index contributed by atoms with van der Waals surface area (Å²) < 4.78 is 0. The van der Waals surface area contributed by atoms with E-state index in [9.17, 15) is 0 Å². The molecular formula is C21H33N. The summed E-state index contributed by atoms with van der Waals surface area (Å²) in [5.41, 5.74) is 3.74. The van der Waals surface area contributed by atoms with Crippen LogP contribution in [0.25, 0.3) is 0 Å². The van der Waals surface area contributed by atoms with Crippen LogP contribution in [-0.4, -0.2) is 5.71 Å². The predicted molar refractivity (Wildman–Crippen MR) is 103 cm³/mol. The number of rotatable bonds is 0. The zero-order valence-electron chi connectivity index (χ0n) is 15.4. The zero-order valence-corrected chi connectivity index (χ0v) is 15.4. The van der Waals surface area contributed by atoms with E-state index in [2.05, 4.69) is 30.1 Å². The highest BCUT2D eigenvalue weighted by Gasteiger charge is 2.08. The van der Waals surface area contributed by atoms with Gasteiger partial charge in [0.05, 0.1) is 5.69 Å². The van der Waals surface area contributed by atoms with E-state index in [0.29, 0.717) is 0 Å². The summed E-state index contributed by atoms with van der Waals surface area (Å²) in [5, 5.41) is 0. The molecular weight excluding hydrogens is 266 g/mol. The van der Waals surface area contributed by atoms with E-state index in [1.165, 1.54) is 11.3 Å². The van der Waals surface area contributed by atoms with E-state index in [-0.39, 0.29) is 0 Å². The van der Waals surface area contributed by atoms with Gasteiger partial charge in [0.25, 0.3) is 0 Å². The van der Waals surface area contributed by atoms with E-state index >= 15 is 0 Å². The normalized spacial score (nSPS) is 9.68. The van der Waals surface area contributed by atoms with Crippen LogP contribution in [0.4, 0.5) is 5.69 Å². The third-order valence-corrected chi connectivity index (χ3v) is 2.42. The molecule has 0 aliphatic carbocycles. The van der Waals surface area contributed by atoms with Gasteiger partial charge in [0.15, 0.2) is 0 Å². The SMILES string of the molecule is CC.CC.CC.CC1=Nc2ccccc2C1.c1ccccc1. The van der Waals surface area contributed by atoms with Crippen LogP contribution in [0.3, 0.4) is 0 Å². The number of fused-ring (bicyclic) bond motifs is 1. The van der Waals surface area contributed by atoms with Gasteiger partial charge in [-0.25, -0.2) is 0 Å². The van der Waals surface area contributed by atoms with Gasteiger partial charge in [0.2, 0.25) is 0 Å². The molecule has 0 atom stereocenters. The number of hydrogen-bond acceptors (Lipinski definition) is 1. The van der Waals surface area contributed by atoms with Crippen LogP contribution in [0.1, 0.15) is 54.0 Å². The first-order valence-corrected chi connectivity index (χ1v) is 8.48. The Balaban J connectivity index is 0. The fourth-order valence-corrected chi connectivity index (χ4v) is 1.68. The molecule has 122 valence electrons. The van der Waals surface area contributed by atoms with Crippen LogP contribution < -0.4 is 0 Å². The molecule has 1 heteroatoms. The summed E-state index contributed by atoms with van der Waals surface area (Å²) in [7, 11) is 0. The number of para-hydroxylation sites is 1. The topological polar surface area (TPSA) is 12.4 Å². The highest BCUT2D eigenvalue weighted by atomic mass is 14.8. The lowest BCUT2D eigenvalue weighted by Crippen LogP contribution is -1.87. The van der Waals surface area contributed by atoms with E-state index in [1.807, 2.05) is 84.0 Å². The van der Waals surface area contributed by atoms with Gasteiger partial charge in [0, 0.05) is 12.1 Å². The first-order valence-electron chi connectivity index (χ1n) is 8.48. The summed E-state index contributed by atoms with van der Waals surface area (Å²) >= 11 is 0. The Morgan fingerprint density at radius 3 is 1.45 bits per heavy atom. The average molecular weight is 300 g/mol. The molecule has 0 saturated heterocycles. The average Bonchev–Trinajstić information content (AvgIpc) is 3.02. The van der Waals surface area contributed by atoms with Crippen LogP contribution in [0.5, 0.6) is 0 Å². The molecule has 1 nitrogen and oxygen atoms in total. The summed E-state index contributed by atoms with van der Waals surface area (Å²) in [4.78, 5) is 4.37. The molecule has 0 spiro atoms. The quantitative estimate of drug-likeness (QED) is 0.492. The standard InChI is InChI=1S/C9H9N.C6H6.3C2H6/c1-7-6-8-4-2-3-5-9(8)10-7;1-2-4-6-5-3-1;3*1-2/h2-5H,6H2,1H3;1-6H;3*1-2H3. The number of nitrogens with zero attached hydrogens (tertiary/aromatic N) is 1. The van der Waals surface area contributed by atoms with Crippen molar-refractivity contribution < 1.29 is 0 Å².